The third-order valence-corrected chi connectivity index (χ3v) is 4.97. The van der Waals surface area contributed by atoms with E-state index in [4.69, 9.17) is 16.3 Å². The molecule has 2 heterocycles. The lowest BCUT2D eigenvalue weighted by Crippen LogP contribution is -2.17. The molecule has 4 rings (SSSR count). The molecule has 0 amide bonds. The zero-order valence-corrected chi connectivity index (χ0v) is 16.7. The second-order valence-corrected chi connectivity index (χ2v) is 7.12. The molecule has 0 aliphatic rings. The van der Waals surface area contributed by atoms with Gasteiger partial charge >= 0.3 is 5.97 Å². The van der Waals surface area contributed by atoms with Crippen molar-refractivity contribution in [2.75, 3.05) is 0 Å². The number of carbonyl (C=O) groups is 1. The normalized spacial score (nSPS) is 10.9. The Morgan fingerprint density at radius 2 is 1.83 bits per heavy atom. The zero-order chi connectivity index (χ0) is 21.3. The molecule has 0 saturated carbocycles. The molecule has 0 unspecified atom stereocenters. The number of halogens is 2. The number of hydrogen-bond donors (Lipinski definition) is 1. The van der Waals surface area contributed by atoms with Crippen molar-refractivity contribution in [2.24, 2.45) is 0 Å². The number of hydrogen-bond acceptors (Lipinski definition) is 4. The molecule has 7 heteroatoms. The maximum absolute atomic E-state index is 14.3. The van der Waals surface area contributed by atoms with Crippen LogP contribution in [0.25, 0.3) is 22.2 Å². The highest BCUT2D eigenvalue weighted by atomic mass is 35.5. The Morgan fingerprint density at radius 3 is 2.57 bits per heavy atom. The minimum atomic E-state index is -0.646. The van der Waals surface area contributed by atoms with Gasteiger partial charge in [-0.2, -0.15) is 0 Å². The SMILES string of the molecule is Cc1[nH]c(=O)c2cc(Cl)c(-c3ccccc3F)nc2c1C(=O)OCc1ccccc1. The predicted octanol–water partition coefficient (Wildman–Crippen LogP) is 5.05. The van der Waals surface area contributed by atoms with Crippen LogP contribution >= 0.6 is 11.6 Å². The molecule has 0 aliphatic carbocycles. The zero-order valence-electron chi connectivity index (χ0n) is 15.9. The average molecular weight is 423 g/mol. The third kappa shape index (κ3) is 3.69. The summed E-state index contributed by atoms with van der Waals surface area (Å²) in [5, 5.41) is 0.225. The molecule has 4 aromatic rings. The molecule has 0 saturated heterocycles. The fourth-order valence-electron chi connectivity index (χ4n) is 3.22. The predicted molar refractivity (Wildman–Crippen MR) is 113 cm³/mol. The van der Waals surface area contributed by atoms with Crippen LogP contribution in [0.1, 0.15) is 21.6 Å². The summed E-state index contributed by atoms with van der Waals surface area (Å²) in [6, 6.07) is 16.6. The van der Waals surface area contributed by atoms with E-state index in [0.717, 1.165) is 5.56 Å². The van der Waals surface area contributed by atoms with Crippen LogP contribution in [-0.4, -0.2) is 15.9 Å². The molecule has 0 atom stereocenters. The number of aromatic amines is 1. The van der Waals surface area contributed by atoms with Crippen LogP contribution in [0.4, 0.5) is 4.39 Å². The fourth-order valence-corrected chi connectivity index (χ4v) is 3.47. The summed E-state index contributed by atoms with van der Waals surface area (Å²) >= 11 is 6.30. The van der Waals surface area contributed by atoms with Gasteiger partial charge < -0.3 is 9.72 Å². The quantitative estimate of drug-likeness (QED) is 0.467. The molecule has 0 radical (unpaired) electrons. The van der Waals surface area contributed by atoms with E-state index in [0.29, 0.717) is 5.69 Å². The first-order chi connectivity index (χ1) is 14.5. The Labute approximate surface area is 176 Å². The summed E-state index contributed by atoms with van der Waals surface area (Å²) in [4.78, 5) is 32.4. The van der Waals surface area contributed by atoms with Crippen molar-refractivity contribution >= 4 is 28.5 Å². The molecule has 0 fully saturated rings. The highest BCUT2D eigenvalue weighted by Gasteiger charge is 2.22. The van der Waals surface area contributed by atoms with E-state index >= 15 is 0 Å². The molecule has 2 aromatic carbocycles. The van der Waals surface area contributed by atoms with E-state index in [2.05, 4.69) is 9.97 Å². The Balaban J connectivity index is 1.84. The van der Waals surface area contributed by atoms with Gasteiger partial charge in [0, 0.05) is 11.3 Å². The van der Waals surface area contributed by atoms with Gasteiger partial charge in [0.05, 0.1) is 21.6 Å². The van der Waals surface area contributed by atoms with Gasteiger partial charge in [0.2, 0.25) is 0 Å². The molecular formula is C23H16ClFN2O3. The number of nitrogens with one attached hydrogen (secondary N) is 1. The summed E-state index contributed by atoms with van der Waals surface area (Å²) in [7, 11) is 0. The van der Waals surface area contributed by atoms with Crippen LogP contribution in [0.15, 0.2) is 65.5 Å². The Morgan fingerprint density at radius 1 is 1.13 bits per heavy atom. The van der Waals surface area contributed by atoms with Crippen molar-refractivity contribution in [3.63, 3.8) is 0 Å². The summed E-state index contributed by atoms with van der Waals surface area (Å²) in [5.41, 5.74) is 1.21. The van der Waals surface area contributed by atoms with Crippen LogP contribution in [0.5, 0.6) is 0 Å². The number of H-pyrrole nitrogens is 1. The summed E-state index contributed by atoms with van der Waals surface area (Å²) in [5.74, 6) is -1.16. The van der Waals surface area contributed by atoms with E-state index in [9.17, 15) is 14.0 Å². The number of esters is 1. The van der Waals surface area contributed by atoms with Gasteiger partial charge in [0.25, 0.3) is 5.56 Å². The van der Waals surface area contributed by atoms with Crippen molar-refractivity contribution in [3.8, 4) is 11.3 Å². The average Bonchev–Trinajstić information content (AvgIpc) is 2.74. The lowest BCUT2D eigenvalue weighted by Gasteiger charge is -2.12. The molecular weight excluding hydrogens is 407 g/mol. The summed E-state index contributed by atoms with van der Waals surface area (Å²) in [6.45, 7) is 1.65. The standard InChI is InChI=1S/C23H16ClFN2O3/c1-13-19(23(29)30-12-14-7-3-2-4-8-14)21-16(22(28)26-13)11-17(24)20(27-21)15-9-5-6-10-18(15)25/h2-11H,12H2,1H3,(H,26,28). The van der Waals surface area contributed by atoms with Crippen molar-refractivity contribution in [1.29, 1.82) is 0 Å². The first-order valence-electron chi connectivity index (χ1n) is 9.15. The molecule has 0 aliphatic heterocycles. The van der Waals surface area contributed by atoms with Crippen molar-refractivity contribution in [1.82, 2.24) is 9.97 Å². The van der Waals surface area contributed by atoms with Gasteiger partial charge in [0.15, 0.2) is 0 Å². The van der Waals surface area contributed by atoms with Crippen LogP contribution in [-0.2, 0) is 11.3 Å². The number of fused-ring (bicyclic) bond motifs is 1. The smallest absolute Gasteiger partial charge is 0.342 e. The van der Waals surface area contributed by atoms with Crippen LogP contribution in [0, 0.1) is 12.7 Å². The second-order valence-electron chi connectivity index (χ2n) is 6.71. The number of pyridine rings is 2. The van der Waals surface area contributed by atoms with Gasteiger partial charge in [-0.15, -0.1) is 0 Å². The molecule has 0 bridgehead atoms. The van der Waals surface area contributed by atoms with E-state index in [1.807, 2.05) is 30.3 Å². The monoisotopic (exact) mass is 422 g/mol. The molecule has 5 nitrogen and oxygen atoms in total. The highest BCUT2D eigenvalue weighted by Crippen LogP contribution is 2.31. The minimum absolute atomic E-state index is 0.0630. The van der Waals surface area contributed by atoms with E-state index in [-0.39, 0.29) is 39.4 Å². The van der Waals surface area contributed by atoms with Crippen molar-refractivity contribution in [2.45, 2.75) is 13.5 Å². The Kier molecular flexibility index (Phi) is 5.33. The number of rotatable bonds is 4. The van der Waals surface area contributed by atoms with Crippen molar-refractivity contribution < 1.29 is 13.9 Å². The minimum Gasteiger partial charge on any atom is -0.457 e. The van der Waals surface area contributed by atoms with Crippen LogP contribution in [0.3, 0.4) is 0 Å². The number of benzene rings is 2. The second kappa shape index (κ2) is 8.08. The number of aryl methyl sites for hydroxylation is 1. The summed E-state index contributed by atoms with van der Waals surface area (Å²) in [6.07, 6.45) is 0. The van der Waals surface area contributed by atoms with Gasteiger partial charge in [0.1, 0.15) is 18.0 Å². The lowest BCUT2D eigenvalue weighted by atomic mass is 10.1. The summed E-state index contributed by atoms with van der Waals surface area (Å²) < 4.78 is 19.8. The van der Waals surface area contributed by atoms with E-state index in [1.165, 1.54) is 18.2 Å². The van der Waals surface area contributed by atoms with Crippen molar-refractivity contribution in [3.05, 3.63) is 98.7 Å². The molecule has 2 aromatic heterocycles. The fraction of sp³-hybridized carbons (Fsp3) is 0.0870. The number of carbonyl (C=O) groups excluding carboxylic acids is 1. The number of ether oxygens (including phenoxy) is 1. The highest BCUT2D eigenvalue weighted by molar-refractivity contribution is 6.33. The van der Waals surface area contributed by atoms with Gasteiger partial charge in [-0.25, -0.2) is 14.2 Å². The van der Waals surface area contributed by atoms with Crippen LogP contribution in [0.2, 0.25) is 5.02 Å². The lowest BCUT2D eigenvalue weighted by molar-refractivity contribution is 0.0473. The maximum atomic E-state index is 14.3. The topological polar surface area (TPSA) is 72.0 Å². The number of aromatic nitrogens is 2. The Hall–Kier alpha value is -3.51. The molecule has 30 heavy (non-hydrogen) atoms. The largest absolute Gasteiger partial charge is 0.457 e. The molecule has 150 valence electrons. The van der Waals surface area contributed by atoms with Crippen LogP contribution < -0.4 is 5.56 Å². The number of nitrogens with zero attached hydrogens (tertiary/aromatic N) is 1. The van der Waals surface area contributed by atoms with Gasteiger partial charge in [-0.05, 0) is 30.7 Å². The third-order valence-electron chi connectivity index (χ3n) is 4.68. The first kappa shape index (κ1) is 19.8. The first-order valence-corrected chi connectivity index (χ1v) is 9.52. The van der Waals surface area contributed by atoms with E-state index in [1.54, 1.807) is 19.1 Å². The molecule has 1 N–H and O–H groups in total. The van der Waals surface area contributed by atoms with E-state index < -0.39 is 17.3 Å². The van der Waals surface area contributed by atoms with Gasteiger partial charge in [-0.3, -0.25) is 4.79 Å². The Bertz CT molecular complexity index is 1320. The van der Waals surface area contributed by atoms with Gasteiger partial charge in [-0.1, -0.05) is 54.1 Å². The molecule has 0 spiro atoms. The maximum Gasteiger partial charge on any atom is 0.342 e.